The van der Waals surface area contributed by atoms with Crippen molar-refractivity contribution in [3.63, 3.8) is 0 Å². The van der Waals surface area contributed by atoms with E-state index < -0.39 is 9.84 Å². The first kappa shape index (κ1) is 13.3. The molecule has 2 aliphatic rings. The Morgan fingerprint density at radius 1 is 1.18 bits per heavy atom. The number of nitrogens with zero attached hydrogens (tertiary/aromatic N) is 2. The number of rotatable bonds is 5. The first-order valence-corrected chi connectivity index (χ1v) is 8.19. The number of sulfone groups is 1. The van der Waals surface area contributed by atoms with Gasteiger partial charge in [0.05, 0.1) is 11.5 Å². The second-order valence-electron chi connectivity index (χ2n) is 5.28. The maximum absolute atomic E-state index is 11.9. The minimum atomic E-state index is -2.85. The van der Waals surface area contributed by atoms with Crippen LogP contribution in [-0.2, 0) is 9.84 Å². The quantitative estimate of drug-likeness (QED) is 0.678. The van der Waals surface area contributed by atoms with Crippen molar-refractivity contribution in [2.45, 2.75) is 0 Å². The predicted octanol–water partition coefficient (Wildman–Crippen LogP) is -1.13. The van der Waals surface area contributed by atoms with Crippen LogP contribution in [0.5, 0.6) is 0 Å². The Hall–Kier alpha value is -0.170. The molecule has 0 aromatic heterocycles. The molecule has 0 spiro atoms. The van der Waals surface area contributed by atoms with Crippen molar-refractivity contribution in [1.82, 2.24) is 15.1 Å². The van der Waals surface area contributed by atoms with Crippen LogP contribution in [0.15, 0.2) is 0 Å². The van der Waals surface area contributed by atoms with Crippen molar-refractivity contribution in [3.05, 3.63) is 0 Å². The highest BCUT2D eigenvalue weighted by atomic mass is 32.2. The van der Waals surface area contributed by atoms with E-state index in [1.165, 1.54) is 0 Å². The molecule has 0 amide bonds. The topological polar surface area (TPSA) is 52.7 Å². The largest absolute Gasteiger partial charge is 0.316 e. The van der Waals surface area contributed by atoms with Crippen LogP contribution < -0.4 is 5.32 Å². The molecule has 0 atom stereocenters. The van der Waals surface area contributed by atoms with Gasteiger partial charge in [-0.3, -0.25) is 4.90 Å². The van der Waals surface area contributed by atoms with Gasteiger partial charge in [0.25, 0.3) is 0 Å². The SMILES string of the molecule is CN1CCN(CCS(=O)(=O)CC2CNC2)CC1. The number of hydrogen-bond donors (Lipinski definition) is 1. The minimum absolute atomic E-state index is 0.327. The van der Waals surface area contributed by atoms with Crippen LogP contribution in [-0.4, -0.2) is 82.6 Å². The van der Waals surface area contributed by atoms with E-state index in [1.54, 1.807) is 0 Å². The van der Waals surface area contributed by atoms with E-state index in [2.05, 4.69) is 22.2 Å². The molecule has 5 nitrogen and oxygen atoms in total. The fourth-order valence-electron chi connectivity index (χ4n) is 2.25. The lowest BCUT2D eigenvalue weighted by Gasteiger charge is -2.32. The molecule has 2 rings (SSSR count). The molecule has 0 unspecified atom stereocenters. The highest BCUT2D eigenvalue weighted by Gasteiger charge is 2.25. The van der Waals surface area contributed by atoms with E-state index in [4.69, 9.17) is 0 Å². The second-order valence-corrected chi connectivity index (χ2v) is 7.51. The summed E-state index contributed by atoms with van der Waals surface area (Å²) in [5.74, 6) is 1.05. The van der Waals surface area contributed by atoms with Crippen molar-refractivity contribution < 1.29 is 8.42 Å². The number of nitrogens with one attached hydrogen (secondary N) is 1. The third-order valence-electron chi connectivity index (χ3n) is 3.67. The van der Waals surface area contributed by atoms with E-state index in [0.29, 0.717) is 24.0 Å². The monoisotopic (exact) mass is 261 g/mol. The number of piperazine rings is 1. The van der Waals surface area contributed by atoms with Gasteiger partial charge in [0.2, 0.25) is 0 Å². The van der Waals surface area contributed by atoms with Crippen molar-refractivity contribution in [2.24, 2.45) is 5.92 Å². The Bertz CT molecular complexity index is 333. The van der Waals surface area contributed by atoms with Crippen LogP contribution in [0.3, 0.4) is 0 Å². The van der Waals surface area contributed by atoms with Crippen LogP contribution in [0.2, 0.25) is 0 Å². The third-order valence-corrected chi connectivity index (χ3v) is 5.45. The Kier molecular flexibility index (Phi) is 4.41. The zero-order chi connectivity index (χ0) is 12.3. The van der Waals surface area contributed by atoms with Gasteiger partial charge in [0.1, 0.15) is 0 Å². The lowest BCUT2D eigenvalue weighted by atomic mass is 10.1. The summed E-state index contributed by atoms with van der Waals surface area (Å²) in [6, 6.07) is 0. The van der Waals surface area contributed by atoms with Gasteiger partial charge in [0.15, 0.2) is 9.84 Å². The van der Waals surface area contributed by atoms with Crippen molar-refractivity contribution in [1.29, 1.82) is 0 Å². The number of hydrogen-bond acceptors (Lipinski definition) is 5. The maximum Gasteiger partial charge on any atom is 0.151 e. The van der Waals surface area contributed by atoms with Gasteiger partial charge in [-0.05, 0) is 13.0 Å². The summed E-state index contributed by atoms with van der Waals surface area (Å²) in [6.45, 7) is 6.53. The van der Waals surface area contributed by atoms with Gasteiger partial charge in [-0.15, -0.1) is 0 Å². The first-order valence-electron chi connectivity index (χ1n) is 6.37. The maximum atomic E-state index is 11.9. The predicted molar refractivity (Wildman–Crippen MR) is 69.0 cm³/mol. The second kappa shape index (κ2) is 5.65. The average Bonchev–Trinajstić information content (AvgIpc) is 2.23. The molecule has 2 saturated heterocycles. The Labute approximate surface area is 104 Å². The summed E-state index contributed by atoms with van der Waals surface area (Å²) >= 11 is 0. The van der Waals surface area contributed by atoms with Crippen LogP contribution in [0.1, 0.15) is 0 Å². The van der Waals surface area contributed by atoms with Crippen LogP contribution in [0.25, 0.3) is 0 Å². The molecule has 1 N–H and O–H groups in total. The normalized spacial score (nSPS) is 24.8. The summed E-state index contributed by atoms with van der Waals surface area (Å²) < 4.78 is 23.8. The summed E-state index contributed by atoms with van der Waals surface area (Å²) in [5, 5.41) is 3.11. The van der Waals surface area contributed by atoms with Crippen molar-refractivity contribution in [3.8, 4) is 0 Å². The van der Waals surface area contributed by atoms with E-state index in [0.717, 1.165) is 39.3 Å². The molecule has 100 valence electrons. The van der Waals surface area contributed by atoms with Crippen molar-refractivity contribution in [2.75, 3.05) is 64.4 Å². The van der Waals surface area contributed by atoms with Gasteiger partial charge in [0, 0.05) is 45.8 Å². The lowest BCUT2D eigenvalue weighted by molar-refractivity contribution is 0.161. The highest BCUT2D eigenvalue weighted by molar-refractivity contribution is 7.91. The molecular weight excluding hydrogens is 238 g/mol. The summed E-state index contributed by atoms with van der Waals surface area (Å²) in [7, 11) is -0.741. The zero-order valence-corrected chi connectivity index (χ0v) is 11.4. The summed E-state index contributed by atoms with van der Waals surface area (Å²) in [4.78, 5) is 4.54. The van der Waals surface area contributed by atoms with E-state index in [1.807, 2.05) is 0 Å². The minimum Gasteiger partial charge on any atom is -0.316 e. The molecule has 0 bridgehead atoms. The molecule has 0 aromatic carbocycles. The van der Waals surface area contributed by atoms with E-state index in [-0.39, 0.29) is 0 Å². The lowest BCUT2D eigenvalue weighted by Crippen LogP contribution is -2.48. The van der Waals surface area contributed by atoms with Crippen LogP contribution in [0, 0.1) is 5.92 Å². The first-order chi connectivity index (χ1) is 8.05. The molecular formula is C11H23N3O2S. The fourth-order valence-corrected chi connectivity index (χ4v) is 3.91. The highest BCUT2D eigenvalue weighted by Crippen LogP contribution is 2.08. The molecule has 6 heteroatoms. The van der Waals surface area contributed by atoms with E-state index in [9.17, 15) is 8.42 Å². The standard InChI is InChI=1S/C11H23N3O2S/c1-13-2-4-14(5-3-13)6-7-17(15,16)10-11-8-12-9-11/h11-12H,2-10H2,1H3. The molecule has 17 heavy (non-hydrogen) atoms. The van der Waals surface area contributed by atoms with Crippen LogP contribution >= 0.6 is 0 Å². The molecule has 2 fully saturated rings. The van der Waals surface area contributed by atoms with Gasteiger partial charge < -0.3 is 10.2 Å². The molecule has 2 aliphatic heterocycles. The molecule has 2 heterocycles. The number of likely N-dealkylation sites (N-methyl/N-ethyl adjacent to an activating group) is 1. The third kappa shape index (κ3) is 4.21. The van der Waals surface area contributed by atoms with Gasteiger partial charge in [-0.1, -0.05) is 0 Å². The van der Waals surface area contributed by atoms with Crippen molar-refractivity contribution >= 4 is 9.84 Å². The average molecular weight is 261 g/mol. The Balaban J connectivity index is 1.69. The van der Waals surface area contributed by atoms with Gasteiger partial charge in [-0.25, -0.2) is 8.42 Å². The van der Waals surface area contributed by atoms with E-state index >= 15 is 0 Å². The summed E-state index contributed by atoms with van der Waals surface area (Å²) in [5.41, 5.74) is 0. The molecule has 0 radical (unpaired) electrons. The smallest absolute Gasteiger partial charge is 0.151 e. The van der Waals surface area contributed by atoms with Crippen LogP contribution in [0.4, 0.5) is 0 Å². The molecule has 0 aromatic rings. The Morgan fingerprint density at radius 2 is 1.82 bits per heavy atom. The Morgan fingerprint density at radius 3 is 2.35 bits per heavy atom. The zero-order valence-electron chi connectivity index (χ0n) is 10.6. The molecule has 0 saturated carbocycles. The van der Waals surface area contributed by atoms with Gasteiger partial charge in [-0.2, -0.15) is 0 Å². The molecule has 0 aliphatic carbocycles. The van der Waals surface area contributed by atoms with Gasteiger partial charge >= 0.3 is 0 Å². The fraction of sp³-hybridized carbons (Fsp3) is 1.00. The summed E-state index contributed by atoms with van der Waals surface area (Å²) in [6.07, 6.45) is 0.